The molecule has 0 aromatic carbocycles. The normalized spacial score (nSPS) is 25.5. The van der Waals surface area contributed by atoms with E-state index in [4.69, 9.17) is 14.6 Å². The first-order chi connectivity index (χ1) is 8.04. The summed E-state index contributed by atoms with van der Waals surface area (Å²) in [6.45, 7) is 3.03. The minimum atomic E-state index is -1.01. The van der Waals surface area contributed by atoms with E-state index in [0.29, 0.717) is 26.0 Å². The van der Waals surface area contributed by atoms with Gasteiger partial charge in [-0.25, -0.2) is 4.79 Å². The minimum absolute atomic E-state index is 0.223. The summed E-state index contributed by atoms with van der Waals surface area (Å²) >= 11 is 0. The highest BCUT2D eigenvalue weighted by Gasteiger charge is 2.34. The molecule has 1 amide bonds. The Kier molecular flexibility index (Phi) is 5.37. The van der Waals surface area contributed by atoms with Gasteiger partial charge in [0.15, 0.2) is 6.10 Å². The maximum absolute atomic E-state index is 11.7. The van der Waals surface area contributed by atoms with Crippen LogP contribution in [0.25, 0.3) is 0 Å². The van der Waals surface area contributed by atoms with Crippen LogP contribution in [0.3, 0.4) is 0 Å². The first-order valence-corrected chi connectivity index (χ1v) is 5.69. The Labute approximate surface area is 100 Å². The molecule has 2 N–H and O–H groups in total. The zero-order valence-electron chi connectivity index (χ0n) is 10.1. The van der Waals surface area contributed by atoms with Crippen LogP contribution in [0.4, 0.5) is 0 Å². The Balaban J connectivity index is 2.27. The van der Waals surface area contributed by atoms with Crippen molar-refractivity contribution in [2.24, 2.45) is 5.92 Å². The molecule has 6 heteroatoms. The topological polar surface area (TPSA) is 84.9 Å². The largest absolute Gasteiger partial charge is 0.479 e. The molecule has 1 aliphatic heterocycles. The fourth-order valence-corrected chi connectivity index (χ4v) is 1.74. The lowest BCUT2D eigenvalue weighted by Crippen LogP contribution is -2.38. The van der Waals surface area contributed by atoms with E-state index < -0.39 is 18.2 Å². The molecule has 0 spiro atoms. The van der Waals surface area contributed by atoms with E-state index in [-0.39, 0.29) is 11.8 Å². The average molecular weight is 245 g/mol. The molecule has 0 bridgehead atoms. The highest BCUT2D eigenvalue weighted by molar-refractivity contribution is 5.82. The number of amides is 1. The SMILES string of the molecule is COCC(C)CNC(=O)[C@@H]1CC[C@H](C(=O)O)O1. The molecule has 1 heterocycles. The fraction of sp³-hybridized carbons (Fsp3) is 0.818. The molecule has 1 rings (SSSR count). The summed E-state index contributed by atoms with van der Waals surface area (Å²) in [5.74, 6) is -1.02. The van der Waals surface area contributed by atoms with Crippen molar-refractivity contribution < 1.29 is 24.2 Å². The van der Waals surface area contributed by atoms with E-state index in [2.05, 4.69) is 5.32 Å². The molecule has 0 aromatic rings. The van der Waals surface area contributed by atoms with Gasteiger partial charge >= 0.3 is 5.97 Å². The van der Waals surface area contributed by atoms with E-state index in [0.717, 1.165) is 0 Å². The number of hydrogen-bond acceptors (Lipinski definition) is 4. The van der Waals surface area contributed by atoms with Crippen molar-refractivity contribution in [1.29, 1.82) is 0 Å². The maximum Gasteiger partial charge on any atom is 0.332 e. The van der Waals surface area contributed by atoms with Gasteiger partial charge < -0.3 is 19.9 Å². The number of carbonyl (C=O) groups is 2. The smallest absolute Gasteiger partial charge is 0.332 e. The minimum Gasteiger partial charge on any atom is -0.479 e. The monoisotopic (exact) mass is 245 g/mol. The van der Waals surface area contributed by atoms with Crippen molar-refractivity contribution in [1.82, 2.24) is 5.32 Å². The van der Waals surface area contributed by atoms with Gasteiger partial charge in [-0.3, -0.25) is 4.79 Å². The molecule has 17 heavy (non-hydrogen) atoms. The van der Waals surface area contributed by atoms with Crippen molar-refractivity contribution in [2.45, 2.75) is 32.0 Å². The van der Waals surface area contributed by atoms with Crippen molar-refractivity contribution in [2.75, 3.05) is 20.3 Å². The molecule has 1 unspecified atom stereocenters. The molecule has 1 aliphatic rings. The van der Waals surface area contributed by atoms with Crippen LogP contribution in [0.5, 0.6) is 0 Å². The third kappa shape index (κ3) is 4.32. The van der Waals surface area contributed by atoms with E-state index in [1.54, 1.807) is 7.11 Å². The van der Waals surface area contributed by atoms with Crippen molar-refractivity contribution in [3.05, 3.63) is 0 Å². The highest BCUT2D eigenvalue weighted by Crippen LogP contribution is 2.19. The number of carboxylic acids is 1. The van der Waals surface area contributed by atoms with Crippen LogP contribution < -0.4 is 5.32 Å². The Morgan fingerprint density at radius 3 is 2.65 bits per heavy atom. The van der Waals surface area contributed by atoms with Crippen LogP contribution in [0.2, 0.25) is 0 Å². The van der Waals surface area contributed by atoms with Crippen LogP contribution in [0.15, 0.2) is 0 Å². The second kappa shape index (κ2) is 6.56. The first kappa shape index (κ1) is 13.9. The Morgan fingerprint density at radius 2 is 2.12 bits per heavy atom. The van der Waals surface area contributed by atoms with Gasteiger partial charge in [-0.05, 0) is 18.8 Å². The summed E-state index contributed by atoms with van der Waals surface area (Å²) in [6.07, 6.45) is -0.629. The molecular formula is C11H19NO5. The summed E-state index contributed by atoms with van der Waals surface area (Å²) < 4.78 is 10.1. The number of nitrogens with one attached hydrogen (secondary N) is 1. The van der Waals surface area contributed by atoms with Crippen molar-refractivity contribution in [3.8, 4) is 0 Å². The van der Waals surface area contributed by atoms with Crippen molar-refractivity contribution >= 4 is 11.9 Å². The van der Waals surface area contributed by atoms with E-state index in [1.165, 1.54) is 0 Å². The molecular weight excluding hydrogens is 226 g/mol. The van der Waals surface area contributed by atoms with Gasteiger partial charge in [0.05, 0.1) is 6.61 Å². The van der Waals surface area contributed by atoms with E-state index in [1.807, 2.05) is 6.92 Å². The number of carbonyl (C=O) groups excluding carboxylic acids is 1. The lowest BCUT2D eigenvalue weighted by molar-refractivity contribution is -0.151. The van der Waals surface area contributed by atoms with Gasteiger partial charge in [-0.2, -0.15) is 0 Å². The zero-order valence-corrected chi connectivity index (χ0v) is 10.1. The van der Waals surface area contributed by atoms with Gasteiger partial charge in [0.1, 0.15) is 6.10 Å². The summed E-state index contributed by atoms with van der Waals surface area (Å²) in [6, 6.07) is 0. The lowest BCUT2D eigenvalue weighted by atomic mass is 10.1. The summed E-state index contributed by atoms with van der Waals surface area (Å²) in [7, 11) is 1.61. The molecule has 98 valence electrons. The van der Waals surface area contributed by atoms with Gasteiger partial charge in [0.2, 0.25) is 5.91 Å². The maximum atomic E-state index is 11.7. The Hall–Kier alpha value is -1.14. The van der Waals surface area contributed by atoms with Crippen LogP contribution in [-0.2, 0) is 19.1 Å². The fourth-order valence-electron chi connectivity index (χ4n) is 1.74. The molecule has 1 fully saturated rings. The molecule has 1 saturated heterocycles. The van der Waals surface area contributed by atoms with Gasteiger partial charge in [-0.15, -0.1) is 0 Å². The number of methoxy groups -OCH3 is 1. The molecule has 0 aromatic heterocycles. The predicted octanol–water partition coefficient (Wildman–Crippen LogP) is 0.0173. The number of hydrogen-bond donors (Lipinski definition) is 2. The van der Waals surface area contributed by atoms with Crippen LogP contribution in [-0.4, -0.2) is 49.5 Å². The van der Waals surface area contributed by atoms with Gasteiger partial charge in [0, 0.05) is 13.7 Å². The standard InChI is InChI=1S/C11H19NO5/c1-7(6-16-2)5-12-10(13)8-3-4-9(17-8)11(14)15/h7-9H,3-6H2,1-2H3,(H,12,13)(H,14,15)/t7?,8-,9+/m0/s1. The van der Waals surface area contributed by atoms with Crippen LogP contribution in [0, 0.1) is 5.92 Å². The van der Waals surface area contributed by atoms with E-state index in [9.17, 15) is 9.59 Å². The average Bonchev–Trinajstić information content (AvgIpc) is 2.75. The quantitative estimate of drug-likeness (QED) is 0.689. The molecule has 0 saturated carbocycles. The van der Waals surface area contributed by atoms with Gasteiger partial charge in [0.25, 0.3) is 0 Å². The van der Waals surface area contributed by atoms with Crippen molar-refractivity contribution in [3.63, 3.8) is 0 Å². The molecule has 6 nitrogen and oxygen atoms in total. The highest BCUT2D eigenvalue weighted by atomic mass is 16.5. The van der Waals surface area contributed by atoms with Gasteiger partial charge in [-0.1, -0.05) is 6.92 Å². The molecule has 3 atom stereocenters. The first-order valence-electron chi connectivity index (χ1n) is 5.69. The summed E-state index contributed by atoms with van der Waals surface area (Å²) in [5, 5.41) is 11.5. The third-order valence-corrected chi connectivity index (χ3v) is 2.66. The second-order valence-electron chi connectivity index (χ2n) is 4.33. The van der Waals surface area contributed by atoms with Crippen LogP contribution in [0.1, 0.15) is 19.8 Å². The summed E-state index contributed by atoms with van der Waals surface area (Å²) in [4.78, 5) is 22.3. The summed E-state index contributed by atoms with van der Waals surface area (Å²) in [5.41, 5.74) is 0. The number of carboxylic acid groups (broad SMARTS) is 1. The number of ether oxygens (including phenoxy) is 2. The Morgan fingerprint density at radius 1 is 1.47 bits per heavy atom. The van der Waals surface area contributed by atoms with E-state index >= 15 is 0 Å². The second-order valence-corrected chi connectivity index (χ2v) is 4.33. The number of rotatable bonds is 6. The lowest BCUT2D eigenvalue weighted by Gasteiger charge is -2.14. The molecule has 0 radical (unpaired) electrons. The van der Waals surface area contributed by atoms with Crippen LogP contribution >= 0.6 is 0 Å². The number of aliphatic carboxylic acids is 1. The Bertz CT molecular complexity index is 281. The predicted molar refractivity (Wildman–Crippen MR) is 59.6 cm³/mol. The third-order valence-electron chi connectivity index (χ3n) is 2.66. The zero-order chi connectivity index (χ0) is 12.8. The molecule has 0 aliphatic carbocycles.